The van der Waals surface area contributed by atoms with E-state index in [1.807, 2.05) is 0 Å². The second kappa shape index (κ2) is 13.3. The summed E-state index contributed by atoms with van der Waals surface area (Å²) < 4.78 is 4.26. The van der Waals surface area contributed by atoms with Crippen molar-refractivity contribution in [3.8, 4) is 22.3 Å². The van der Waals surface area contributed by atoms with Gasteiger partial charge in [-0.25, -0.2) is 0 Å². The van der Waals surface area contributed by atoms with E-state index in [0.717, 1.165) is 12.8 Å². The van der Waals surface area contributed by atoms with Gasteiger partial charge in [-0.05, 0) is 0 Å². The van der Waals surface area contributed by atoms with Crippen LogP contribution in [-0.2, 0) is 32.8 Å². The second-order valence-electron chi connectivity index (χ2n) is 16.0. The molecule has 3 heteroatoms. The van der Waals surface area contributed by atoms with Crippen LogP contribution in [0.5, 0.6) is 0 Å². The van der Waals surface area contributed by atoms with Gasteiger partial charge in [-0.1, -0.05) is 0 Å². The minimum atomic E-state index is -3.07. The molecule has 4 aromatic carbocycles. The molecule has 0 N–H and O–H groups in total. The van der Waals surface area contributed by atoms with Gasteiger partial charge >= 0.3 is 279 Å². The van der Waals surface area contributed by atoms with Gasteiger partial charge in [-0.15, -0.1) is 0 Å². The van der Waals surface area contributed by atoms with Crippen molar-refractivity contribution in [2.45, 2.75) is 83.9 Å². The topological polar surface area (TPSA) is 0 Å². The van der Waals surface area contributed by atoms with Gasteiger partial charge in [0.05, 0.1) is 0 Å². The normalized spacial score (nSPS) is 18.5. The fourth-order valence-corrected chi connectivity index (χ4v) is 37.9. The minimum Gasteiger partial charge on any atom is -1.00 e. The Hall–Kier alpha value is -2.19. The van der Waals surface area contributed by atoms with Crippen LogP contribution in [0.15, 0.2) is 96.1 Å². The third-order valence-electron chi connectivity index (χ3n) is 11.2. The molecule has 0 saturated carbocycles. The van der Waals surface area contributed by atoms with Gasteiger partial charge in [0.25, 0.3) is 0 Å². The Balaban J connectivity index is 0.00000217. The van der Waals surface area contributed by atoms with Crippen LogP contribution in [0.3, 0.4) is 0 Å². The fraction of sp³-hybridized carbons (Fsp3) is 0.364. The Labute approximate surface area is 301 Å². The number of benzene rings is 4. The summed E-state index contributed by atoms with van der Waals surface area (Å²) in [5.74, 6) is 0. The van der Waals surface area contributed by atoms with E-state index in [4.69, 9.17) is 0 Å². The molecule has 0 amide bonds. The van der Waals surface area contributed by atoms with Gasteiger partial charge in [0.2, 0.25) is 0 Å². The Morgan fingerprint density at radius 3 is 1.19 bits per heavy atom. The average Bonchev–Trinajstić information content (AvgIpc) is 3.52. The van der Waals surface area contributed by atoms with E-state index in [-0.39, 0.29) is 35.6 Å². The number of hydrogen-bond donors (Lipinski definition) is 0. The monoisotopic (exact) mass is 828 g/mol. The molecule has 3 aliphatic rings. The first-order valence-corrected chi connectivity index (χ1v) is 26.6. The molecule has 2 aliphatic carbocycles. The van der Waals surface area contributed by atoms with Crippen molar-refractivity contribution in [1.29, 1.82) is 0 Å². The third kappa shape index (κ3) is 6.24. The van der Waals surface area contributed by atoms with Crippen molar-refractivity contribution in [3.05, 3.63) is 129 Å². The van der Waals surface area contributed by atoms with Crippen molar-refractivity contribution in [2.24, 2.45) is 10.8 Å². The number of rotatable bonds is 6. The molecule has 2 atom stereocenters. The maximum atomic E-state index is 2.66. The van der Waals surface area contributed by atoms with E-state index in [0.29, 0.717) is 7.35 Å². The summed E-state index contributed by atoms with van der Waals surface area (Å²) in [6.45, 7) is 19.3. The largest absolute Gasteiger partial charge is 1.00 e. The fourth-order valence-electron chi connectivity index (χ4n) is 8.57. The Kier molecular flexibility index (Phi) is 10.2. The van der Waals surface area contributed by atoms with Crippen LogP contribution in [0.1, 0.15) is 96.1 Å². The van der Waals surface area contributed by atoms with Crippen LogP contribution < -0.4 is 24.8 Å². The SMILES string of the molecule is CCc1ccc(-c2cccc3c2C=C(C(C)(C)C)[CH]3[Hf+2]2([CH]3C(C(C)(C)C)=Cc4c(-c5ccc(CC)cc5)cccc43)[CH2][CH2]2)cc1.[Cl-].[Cl-]. The molecule has 0 spiro atoms. The van der Waals surface area contributed by atoms with Gasteiger partial charge in [-0.3, -0.25) is 0 Å². The summed E-state index contributed by atoms with van der Waals surface area (Å²) in [4.78, 5) is 0. The average molecular weight is 828 g/mol. The number of halogens is 2. The summed E-state index contributed by atoms with van der Waals surface area (Å²) >= 11 is -3.07. The molecule has 1 saturated heterocycles. The van der Waals surface area contributed by atoms with Gasteiger partial charge in [0.1, 0.15) is 0 Å². The summed E-state index contributed by atoms with van der Waals surface area (Å²) in [5.41, 5.74) is 18.4. The predicted octanol–water partition coefficient (Wildman–Crippen LogP) is 6.83. The van der Waals surface area contributed by atoms with Crippen molar-refractivity contribution >= 4 is 12.2 Å². The Bertz CT molecular complexity index is 1690. The summed E-state index contributed by atoms with van der Waals surface area (Å²) in [5, 5.41) is 0. The van der Waals surface area contributed by atoms with Crippen LogP contribution in [0.25, 0.3) is 34.4 Å². The summed E-state index contributed by atoms with van der Waals surface area (Å²) in [7, 11) is 0. The molecule has 47 heavy (non-hydrogen) atoms. The van der Waals surface area contributed by atoms with Crippen molar-refractivity contribution in [2.75, 3.05) is 0 Å². The van der Waals surface area contributed by atoms with Crippen molar-refractivity contribution in [3.63, 3.8) is 0 Å². The van der Waals surface area contributed by atoms with Crippen molar-refractivity contribution in [1.82, 2.24) is 0 Å². The standard InChI is InChI=1S/2C21H23.C2H4.2ClH.Hf/c2*1-5-15-9-11-16(12-10-15)19-8-6-7-17-13-18(14-20(17)19)21(2,3)4;1-2;;;/h2*6-14H,5H2,1-4H3;1-2H2;2*1H;/q;;;;;+2/p-2. The van der Waals surface area contributed by atoms with Crippen molar-refractivity contribution < 1.29 is 44.8 Å². The van der Waals surface area contributed by atoms with Gasteiger partial charge in [-0.2, -0.15) is 0 Å². The van der Waals surface area contributed by atoms with E-state index in [1.54, 1.807) is 22.3 Å². The third-order valence-corrected chi connectivity index (χ3v) is 29.9. The van der Waals surface area contributed by atoms with E-state index in [1.165, 1.54) is 52.9 Å². The molecular weight excluding hydrogens is 778 g/mol. The predicted molar refractivity (Wildman–Crippen MR) is 192 cm³/mol. The first-order valence-electron chi connectivity index (χ1n) is 17.3. The van der Waals surface area contributed by atoms with Crippen LogP contribution in [0.2, 0.25) is 8.35 Å². The summed E-state index contributed by atoms with van der Waals surface area (Å²) in [6, 6.07) is 33.2. The molecule has 4 aromatic rings. The van der Waals surface area contributed by atoms with E-state index in [2.05, 4.69) is 152 Å². The number of aryl methyl sites for hydroxylation is 2. The van der Waals surface area contributed by atoms with E-state index < -0.39 is 20.0 Å². The Morgan fingerprint density at radius 1 is 0.532 bits per heavy atom. The number of fused-ring (bicyclic) bond motifs is 2. The summed E-state index contributed by atoms with van der Waals surface area (Å²) in [6.07, 6.45) is 7.48. The van der Waals surface area contributed by atoms with Crippen LogP contribution in [0, 0.1) is 10.8 Å². The zero-order chi connectivity index (χ0) is 31.7. The van der Waals surface area contributed by atoms with Crippen LogP contribution in [-0.4, -0.2) is 0 Å². The molecule has 0 radical (unpaired) electrons. The van der Waals surface area contributed by atoms with E-state index >= 15 is 0 Å². The number of allylic oxidation sites excluding steroid dienone is 2. The van der Waals surface area contributed by atoms with E-state index in [9.17, 15) is 0 Å². The first-order chi connectivity index (χ1) is 21.5. The molecule has 244 valence electrons. The molecular formula is C44H50Cl2Hf. The zero-order valence-corrected chi connectivity index (χ0v) is 34.6. The quantitative estimate of drug-likeness (QED) is 0.187. The van der Waals surface area contributed by atoms with Gasteiger partial charge in [0.15, 0.2) is 0 Å². The zero-order valence-electron chi connectivity index (χ0n) is 29.5. The molecule has 0 bridgehead atoms. The smallest absolute Gasteiger partial charge is 1.00 e. The molecule has 2 unspecified atom stereocenters. The molecule has 1 fully saturated rings. The second-order valence-corrected chi connectivity index (χ2v) is 32.6. The van der Waals surface area contributed by atoms with Gasteiger partial charge in [0, 0.05) is 0 Å². The maximum Gasteiger partial charge on any atom is -1.00 e. The molecule has 0 aromatic heterocycles. The molecule has 1 heterocycles. The minimum absolute atomic E-state index is 0. The van der Waals surface area contributed by atoms with Crippen LogP contribution in [0.4, 0.5) is 0 Å². The first kappa shape index (κ1) is 36.1. The van der Waals surface area contributed by atoms with Gasteiger partial charge < -0.3 is 24.8 Å². The molecule has 0 nitrogen and oxygen atoms in total. The number of hydrogen-bond acceptors (Lipinski definition) is 0. The molecule has 7 rings (SSSR count). The maximum absolute atomic E-state index is 3.07. The molecule has 1 aliphatic heterocycles. The van der Waals surface area contributed by atoms with Crippen LogP contribution >= 0.6 is 0 Å². The Morgan fingerprint density at radius 2 is 0.894 bits per heavy atom.